The van der Waals surface area contributed by atoms with Crippen LogP contribution in [0.25, 0.3) is 11.4 Å². The summed E-state index contributed by atoms with van der Waals surface area (Å²) in [6, 6.07) is 7.83. The maximum Gasteiger partial charge on any atom is 0.318 e. The summed E-state index contributed by atoms with van der Waals surface area (Å²) in [5.74, 6) is 0.454. The minimum Gasteiger partial charge on any atom is -0.468 e. The summed E-state index contributed by atoms with van der Waals surface area (Å²) in [7, 11) is 1.38. The van der Waals surface area contributed by atoms with Gasteiger partial charge >= 0.3 is 5.97 Å². The van der Waals surface area contributed by atoms with Gasteiger partial charge in [-0.15, -0.1) is 16.8 Å². The van der Waals surface area contributed by atoms with Gasteiger partial charge < -0.3 is 4.74 Å². The summed E-state index contributed by atoms with van der Waals surface area (Å²) in [5, 5.41) is 8.76. The van der Waals surface area contributed by atoms with Crippen LogP contribution in [0, 0.1) is 0 Å². The lowest BCUT2D eigenvalue weighted by molar-refractivity contribution is -0.139. The van der Waals surface area contributed by atoms with E-state index in [9.17, 15) is 4.79 Å². The molecule has 0 unspecified atom stereocenters. The maximum atomic E-state index is 11.6. The summed E-state index contributed by atoms with van der Waals surface area (Å²) in [4.78, 5) is 11.6. The molecule has 0 bridgehead atoms. The van der Waals surface area contributed by atoms with Crippen molar-refractivity contribution in [2.75, 3.05) is 7.11 Å². The van der Waals surface area contributed by atoms with E-state index in [1.165, 1.54) is 18.9 Å². The molecular weight excluding hydrogens is 366 g/mol. The van der Waals surface area contributed by atoms with Crippen molar-refractivity contribution >= 4 is 33.7 Å². The van der Waals surface area contributed by atoms with E-state index in [0.717, 1.165) is 15.9 Å². The van der Waals surface area contributed by atoms with Crippen LogP contribution < -0.4 is 0 Å². The highest BCUT2D eigenvalue weighted by molar-refractivity contribution is 9.10. The molecule has 2 aromatic rings. The number of ether oxygens (including phenoxy) is 1. The first kappa shape index (κ1) is 16.8. The Morgan fingerprint density at radius 1 is 1.45 bits per heavy atom. The average molecular weight is 382 g/mol. The molecule has 0 fully saturated rings. The largest absolute Gasteiger partial charge is 0.468 e. The van der Waals surface area contributed by atoms with Crippen LogP contribution in [0.5, 0.6) is 0 Å². The van der Waals surface area contributed by atoms with Crippen LogP contribution in [-0.2, 0) is 16.1 Å². The lowest BCUT2D eigenvalue weighted by Crippen LogP contribution is -2.15. The van der Waals surface area contributed by atoms with Gasteiger partial charge in [0.15, 0.2) is 11.0 Å². The van der Waals surface area contributed by atoms with E-state index in [4.69, 9.17) is 4.74 Å². The van der Waals surface area contributed by atoms with Crippen LogP contribution in [0.2, 0.25) is 0 Å². The zero-order chi connectivity index (χ0) is 16.1. The van der Waals surface area contributed by atoms with Crippen molar-refractivity contribution in [1.82, 2.24) is 14.8 Å². The lowest BCUT2D eigenvalue weighted by Gasteiger charge is -2.10. The second kappa shape index (κ2) is 7.60. The van der Waals surface area contributed by atoms with E-state index < -0.39 is 0 Å². The molecule has 0 saturated heterocycles. The molecule has 0 radical (unpaired) electrons. The first-order valence-corrected chi connectivity index (χ1v) is 8.28. The van der Waals surface area contributed by atoms with Gasteiger partial charge in [-0.3, -0.25) is 9.36 Å². The van der Waals surface area contributed by atoms with E-state index in [1.807, 2.05) is 28.8 Å². The van der Waals surface area contributed by atoms with Gasteiger partial charge in [-0.1, -0.05) is 45.9 Å². The Labute approximate surface area is 141 Å². The Hall–Kier alpha value is -1.60. The second-order valence-corrected chi connectivity index (χ2v) is 6.72. The molecular formula is C15H16BrN3O2S. The predicted octanol–water partition coefficient (Wildman–Crippen LogP) is 3.55. The van der Waals surface area contributed by atoms with Crippen molar-refractivity contribution in [3.05, 3.63) is 41.4 Å². The fraction of sp³-hybridized carbons (Fsp3) is 0.267. The summed E-state index contributed by atoms with van der Waals surface area (Å²) in [6.07, 6.45) is 1.78. The monoisotopic (exact) mass is 381 g/mol. The van der Waals surface area contributed by atoms with Crippen LogP contribution in [0.4, 0.5) is 0 Å². The smallest absolute Gasteiger partial charge is 0.318 e. The third-order valence-electron chi connectivity index (χ3n) is 2.95. The van der Waals surface area contributed by atoms with E-state index in [2.05, 4.69) is 32.7 Å². The molecule has 0 spiro atoms. The highest BCUT2D eigenvalue weighted by Crippen LogP contribution is 2.28. The van der Waals surface area contributed by atoms with Gasteiger partial charge in [0, 0.05) is 16.6 Å². The molecule has 1 aromatic heterocycles. The third kappa shape index (κ3) is 3.78. The molecule has 1 aromatic carbocycles. The van der Waals surface area contributed by atoms with Crippen LogP contribution in [0.3, 0.4) is 0 Å². The first-order valence-electron chi connectivity index (χ1n) is 6.61. The standard InChI is InChI=1S/C15H16BrN3O2S/c1-4-9-19-13(11-5-7-12(16)8-6-11)17-18-15(19)22-10(2)14(20)21-3/h4-8,10H,1,9H2,2-3H3/t10-/m1/s1. The fourth-order valence-corrected chi connectivity index (χ4v) is 3.00. The van der Waals surface area contributed by atoms with Gasteiger partial charge in [0.1, 0.15) is 5.25 Å². The number of thioether (sulfide) groups is 1. The van der Waals surface area contributed by atoms with Crippen LogP contribution in [0.15, 0.2) is 46.5 Å². The average Bonchev–Trinajstić information content (AvgIpc) is 2.90. The Bertz CT molecular complexity index is 670. The van der Waals surface area contributed by atoms with Crippen molar-refractivity contribution in [3.8, 4) is 11.4 Å². The first-order chi connectivity index (χ1) is 10.6. The number of carbonyl (C=O) groups is 1. The number of hydrogen-bond donors (Lipinski definition) is 0. The molecule has 1 atom stereocenters. The molecule has 22 heavy (non-hydrogen) atoms. The van der Waals surface area contributed by atoms with Crippen LogP contribution in [0.1, 0.15) is 6.92 Å². The molecule has 116 valence electrons. The second-order valence-electron chi connectivity index (χ2n) is 4.50. The summed E-state index contributed by atoms with van der Waals surface area (Å²) in [6.45, 7) is 6.12. The summed E-state index contributed by atoms with van der Waals surface area (Å²) < 4.78 is 7.68. The molecule has 0 saturated carbocycles. The highest BCUT2D eigenvalue weighted by Gasteiger charge is 2.20. The van der Waals surface area contributed by atoms with Crippen LogP contribution in [-0.4, -0.2) is 33.1 Å². The van der Waals surface area contributed by atoms with Crippen molar-refractivity contribution in [2.24, 2.45) is 0 Å². The fourth-order valence-electron chi connectivity index (χ4n) is 1.85. The van der Waals surface area contributed by atoms with Crippen molar-refractivity contribution in [3.63, 3.8) is 0 Å². The topological polar surface area (TPSA) is 57.0 Å². The normalized spacial score (nSPS) is 12.0. The van der Waals surface area contributed by atoms with E-state index in [1.54, 1.807) is 13.0 Å². The molecule has 7 heteroatoms. The van der Waals surface area contributed by atoms with Gasteiger partial charge in [-0.25, -0.2) is 0 Å². The SMILES string of the molecule is C=CCn1c(S[C@H](C)C(=O)OC)nnc1-c1ccc(Br)cc1. The Morgan fingerprint density at radius 2 is 2.14 bits per heavy atom. The van der Waals surface area contributed by atoms with Crippen molar-refractivity contribution in [2.45, 2.75) is 23.9 Å². The Balaban J connectivity index is 2.34. The zero-order valence-electron chi connectivity index (χ0n) is 12.3. The van der Waals surface area contributed by atoms with Gasteiger partial charge in [0.2, 0.25) is 0 Å². The van der Waals surface area contributed by atoms with Crippen molar-refractivity contribution < 1.29 is 9.53 Å². The molecule has 0 aliphatic heterocycles. The van der Waals surface area contributed by atoms with Gasteiger partial charge in [0.05, 0.1) is 7.11 Å². The third-order valence-corrected chi connectivity index (χ3v) is 4.53. The van der Waals surface area contributed by atoms with E-state index in [0.29, 0.717) is 11.7 Å². The molecule has 1 heterocycles. The number of carbonyl (C=O) groups excluding carboxylic acids is 1. The maximum absolute atomic E-state index is 11.6. The zero-order valence-corrected chi connectivity index (χ0v) is 14.7. The number of rotatable bonds is 6. The predicted molar refractivity (Wildman–Crippen MR) is 90.7 cm³/mol. The van der Waals surface area contributed by atoms with Gasteiger partial charge in [-0.05, 0) is 19.1 Å². The van der Waals surface area contributed by atoms with E-state index >= 15 is 0 Å². The molecule has 0 N–H and O–H groups in total. The molecule has 0 aliphatic carbocycles. The molecule has 2 rings (SSSR count). The minimum absolute atomic E-state index is 0.289. The van der Waals surface area contributed by atoms with Crippen LogP contribution >= 0.6 is 27.7 Å². The van der Waals surface area contributed by atoms with Gasteiger partial charge in [0.25, 0.3) is 0 Å². The molecule has 5 nitrogen and oxygen atoms in total. The van der Waals surface area contributed by atoms with E-state index in [-0.39, 0.29) is 11.2 Å². The minimum atomic E-state index is -0.351. The number of halogens is 1. The highest BCUT2D eigenvalue weighted by atomic mass is 79.9. The quantitative estimate of drug-likeness (QED) is 0.435. The number of hydrogen-bond acceptors (Lipinski definition) is 5. The summed E-state index contributed by atoms with van der Waals surface area (Å²) >= 11 is 4.73. The Morgan fingerprint density at radius 3 is 2.73 bits per heavy atom. The number of methoxy groups -OCH3 is 1. The molecule has 0 aliphatic rings. The number of allylic oxidation sites excluding steroid dienone is 1. The van der Waals surface area contributed by atoms with Crippen molar-refractivity contribution in [1.29, 1.82) is 0 Å². The lowest BCUT2D eigenvalue weighted by atomic mass is 10.2. The number of nitrogens with zero attached hydrogens (tertiary/aromatic N) is 3. The van der Waals surface area contributed by atoms with Gasteiger partial charge in [-0.2, -0.15) is 0 Å². The molecule has 0 amide bonds. The number of benzene rings is 1. The number of esters is 1. The Kier molecular flexibility index (Phi) is 5.79. The number of aromatic nitrogens is 3. The summed E-state index contributed by atoms with van der Waals surface area (Å²) in [5.41, 5.74) is 0.954.